The molecular formula is C14H23NO5S. The van der Waals surface area contributed by atoms with E-state index >= 15 is 0 Å². The summed E-state index contributed by atoms with van der Waals surface area (Å²) >= 11 is 1.90. The van der Waals surface area contributed by atoms with Gasteiger partial charge in [0.1, 0.15) is 0 Å². The minimum absolute atomic E-state index is 0.0852. The van der Waals surface area contributed by atoms with Crippen molar-refractivity contribution >= 4 is 23.7 Å². The number of methoxy groups -OCH3 is 2. The molecule has 2 unspecified atom stereocenters. The Morgan fingerprint density at radius 1 is 1.29 bits per heavy atom. The van der Waals surface area contributed by atoms with Crippen LogP contribution in [-0.2, 0) is 23.8 Å². The van der Waals surface area contributed by atoms with E-state index in [9.17, 15) is 9.59 Å². The minimum Gasteiger partial charge on any atom is -0.468 e. The van der Waals surface area contributed by atoms with Crippen LogP contribution in [0.15, 0.2) is 0 Å². The molecule has 0 aromatic carbocycles. The SMILES string of the molecule is COC(=O)CN(CC(=O)OC)C1CCOC2(CCSC2)C1. The fourth-order valence-electron chi connectivity index (χ4n) is 2.95. The van der Waals surface area contributed by atoms with Gasteiger partial charge in [-0.05, 0) is 25.0 Å². The lowest BCUT2D eigenvalue weighted by molar-refractivity contribution is -0.150. The average molecular weight is 317 g/mol. The van der Waals surface area contributed by atoms with Crippen molar-refractivity contribution in [3.63, 3.8) is 0 Å². The van der Waals surface area contributed by atoms with Crippen LogP contribution in [0.5, 0.6) is 0 Å². The van der Waals surface area contributed by atoms with Gasteiger partial charge in [-0.1, -0.05) is 0 Å². The van der Waals surface area contributed by atoms with E-state index in [1.807, 2.05) is 16.7 Å². The highest BCUT2D eigenvalue weighted by Crippen LogP contribution is 2.39. The van der Waals surface area contributed by atoms with Crippen LogP contribution in [0, 0.1) is 0 Å². The van der Waals surface area contributed by atoms with Gasteiger partial charge in [0, 0.05) is 18.4 Å². The number of rotatable bonds is 5. The van der Waals surface area contributed by atoms with Crippen molar-refractivity contribution < 1.29 is 23.8 Å². The van der Waals surface area contributed by atoms with Crippen LogP contribution in [0.25, 0.3) is 0 Å². The van der Waals surface area contributed by atoms with E-state index in [1.165, 1.54) is 14.2 Å². The van der Waals surface area contributed by atoms with Crippen molar-refractivity contribution in [3.8, 4) is 0 Å². The standard InChI is InChI=1S/C14H23NO5S/c1-18-12(16)8-15(9-13(17)19-2)11-3-5-20-14(7-11)4-6-21-10-14/h11H,3-10H2,1-2H3. The molecule has 0 aromatic rings. The lowest BCUT2D eigenvalue weighted by Crippen LogP contribution is -2.51. The lowest BCUT2D eigenvalue weighted by Gasteiger charge is -2.42. The summed E-state index contributed by atoms with van der Waals surface area (Å²) in [4.78, 5) is 25.1. The maximum atomic E-state index is 11.6. The van der Waals surface area contributed by atoms with Crippen LogP contribution in [0.3, 0.4) is 0 Å². The second kappa shape index (κ2) is 7.47. The molecule has 2 fully saturated rings. The zero-order valence-electron chi connectivity index (χ0n) is 12.6. The fraction of sp³-hybridized carbons (Fsp3) is 0.857. The molecular weight excluding hydrogens is 294 g/mol. The number of nitrogens with zero attached hydrogens (tertiary/aromatic N) is 1. The van der Waals surface area contributed by atoms with Crippen molar-refractivity contribution in [1.82, 2.24) is 4.90 Å². The van der Waals surface area contributed by atoms with Gasteiger partial charge >= 0.3 is 11.9 Å². The molecule has 0 aromatic heterocycles. The second-order valence-electron chi connectivity index (χ2n) is 5.54. The Hall–Kier alpha value is -0.790. The van der Waals surface area contributed by atoms with Crippen LogP contribution in [0.1, 0.15) is 19.3 Å². The number of hydrogen-bond donors (Lipinski definition) is 0. The highest BCUT2D eigenvalue weighted by molar-refractivity contribution is 7.99. The van der Waals surface area contributed by atoms with E-state index in [0.717, 1.165) is 30.8 Å². The Balaban J connectivity index is 2.03. The molecule has 21 heavy (non-hydrogen) atoms. The number of ether oxygens (including phenoxy) is 3. The van der Waals surface area contributed by atoms with E-state index in [1.54, 1.807) is 0 Å². The molecule has 0 N–H and O–H groups in total. The molecule has 7 heteroatoms. The number of esters is 2. The number of carbonyl (C=O) groups is 2. The van der Waals surface area contributed by atoms with Crippen LogP contribution in [0.4, 0.5) is 0 Å². The number of hydrogen-bond acceptors (Lipinski definition) is 7. The third kappa shape index (κ3) is 4.34. The van der Waals surface area contributed by atoms with Crippen LogP contribution < -0.4 is 0 Å². The molecule has 120 valence electrons. The van der Waals surface area contributed by atoms with Crippen molar-refractivity contribution in [3.05, 3.63) is 0 Å². The van der Waals surface area contributed by atoms with E-state index < -0.39 is 0 Å². The Kier molecular flexibility index (Phi) is 5.89. The summed E-state index contributed by atoms with van der Waals surface area (Å²) in [5.74, 6) is 1.44. The molecule has 0 amide bonds. The monoisotopic (exact) mass is 317 g/mol. The van der Waals surface area contributed by atoms with Gasteiger partial charge in [0.25, 0.3) is 0 Å². The zero-order chi connectivity index (χ0) is 15.3. The van der Waals surface area contributed by atoms with Crippen LogP contribution in [-0.4, -0.2) is 73.9 Å². The van der Waals surface area contributed by atoms with E-state index in [2.05, 4.69) is 0 Å². The predicted molar refractivity (Wildman–Crippen MR) is 79.3 cm³/mol. The van der Waals surface area contributed by atoms with E-state index in [4.69, 9.17) is 14.2 Å². The summed E-state index contributed by atoms with van der Waals surface area (Å²) in [6, 6.07) is 0.149. The molecule has 1 spiro atoms. The minimum atomic E-state index is -0.333. The van der Waals surface area contributed by atoms with Gasteiger partial charge in [0.05, 0.1) is 32.9 Å². The van der Waals surface area contributed by atoms with Gasteiger partial charge in [-0.15, -0.1) is 0 Å². The number of thioether (sulfide) groups is 1. The molecule has 2 rings (SSSR count). The second-order valence-corrected chi connectivity index (χ2v) is 6.64. The largest absolute Gasteiger partial charge is 0.468 e. The maximum Gasteiger partial charge on any atom is 0.319 e. The van der Waals surface area contributed by atoms with Gasteiger partial charge in [0.2, 0.25) is 0 Å². The molecule has 0 aliphatic carbocycles. The van der Waals surface area contributed by atoms with Crippen molar-refractivity contribution in [2.24, 2.45) is 0 Å². The Morgan fingerprint density at radius 3 is 2.48 bits per heavy atom. The maximum absolute atomic E-state index is 11.6. The molecule has 2 aliphatic heterocycles. The summed E-state index contributed by atoms with van der Waals surface area (Å²) in [7, 11) is 2.72. The van der Waals surface area contributed by atoms with Crippen LogP contribution >= 0.6 is 11.8 Å². The zero-order valence-corrected chi connectivity index (χ0v) is 13.4. The van der Waals surface area contributed by atoms with Crippen molar-refractivity contribution in [1.29, 1.82) is 0 Å². The Labute approximate surface area is 129 Å². The van der Waals surface area contributed by atoms with Gasteiger partial charge in [0.15, 0.2) is 0 Å². The lowest BCUT2D eigenvalue weighted by atomic mass is 9.89. The first-order valence-electron chi connectivity index (χ1n) is 7.18. The van der Waals surface area contributed by atoms with Crippen molar-refractivity contribution in [2.75, 3.05) is 45.4 Å². The summed E-state index contributed by atoms with van der Waals surface area (Å²) in [5, 5.41) is 0. The first-order valence-corrected chi connectivity index (χ1v) is 8.33. The fourth-order valence-corrected chi connectivity index (χ4v) is 4.33. The molecule has 2 heterocycles. The molecule has 0 saturated carbocycles. The predicted octanol–water partition coefficient (Wildman–Crippen LogP) is 0.689. The van der Waals surface area contributed by atoms with E-state index in [-0.39, 0.29) is 36.7 Å². The van der Waals surface area contributed by atoms with E-state index in [0.29, 0.717) is 6.61 Å². The highest BCUT2D eigenvalue weighted by atomic mass is 32.2. The molecule has 2 aliphatic rings. The topological polar surface area (TPSA) is 65.1 Å². The highest BCUT2D eigenvalue weighted by Gasteiger charge is 2.42. The van der Waals surface area contributed by atoms with Crippen LogP contribution in [0.2, 0.25) is 0 Å². The Bertz CT molecular complexity index is 366. The average Bonchev–Trinajstić information content (AvgIpc) is 2.93. The number of carbonyl (C=O) groups excluding carboxylic acids is 2. The summed E-state index contributed by atoms with van der Waals surface area (Å²) < 4.78 is 15.5. The van der Waals surface area contributed by atoms with Gasteiger partial charge < -0.3 is 14.2 Å². The smallest absolute Gasteiger partial charge is 0.319 e. The molecule has 2 saturated heterocycles. The normalized spacial score (nSPS) is 28.8. The molecule has 0 radical (unpaired) electrons. The summed E-state index contributed by atoms with van der Waals surface area (Å²) in [5.41, 5.74) is -0.0852. The Morgan fingerprint density at radius 2 is 1.95 bits per heavy atom. The van der Waals surface area contributed by atoms with Crippen molar-refractivity contribution in [2.45, 2.75) is 30.9 Å². The third-order valence-corrected chi connectivity index (χ3v) is 5.39. The summed E-state index contributed by atoms with van der Waals surface area (Å²) in [6.07, 6.45) is 2.72. The van der Waals surface area contributed by atoms with Gasteiger partial charge in [-0.25, -0.2) is 0 Å². The first-order chi connectivity index (χ1) is 10.1. The quantitative estimate of drug-likeness (QED) is 0.691. The van der Waals surface area contributed by atoms with Gasteiger partial charge in [-0.2, -0.15) is 11.8 Å². The third-order valence-electron chi connectivity index (χ3n) is 4.17. The summed E-state index contributed by atoms with van der Waals surface area (Å²) in [6.45, 7) is 0.892. The molecule has 0 bridgehead atoms. The molecule has 2 atom stereocenters. The van der Waals surface area contributed by atoms with Gasteiger partial charge in [-0.3, -0.25) is 14.5 Å². The first kappa shape index (κ1) is 16.6. The molecule has 6 nitrogen and oxygen atoms in total.